The predicted octanol–water partition coefficient (Wildman–Crippen LogP) is 2.26. The summed E-state index contributed by atoms with van der Waals surface area (Å²) in [5.41, 5.74) is -0.849. The third kappa shape index (κ3) is 1.22. The van der Waals surface area contributed by atoms with E-state index in [4.69, 9.17) is 4.74 Å². The average molecular weight is 340 g/mol. The lowest BCUT2D eigenvalue weighted by Crippen LogP contribution is -2.55. The zero-order valence-electron chi connectivity index (χ0n) is 8.39. The smallest absolute Gasteiger partial charge is 0.321 e. The molecule has 5 heteroatoms. The Morgan fingerprint density at radius 3 is 2.60 bits per heavy atom. The highest BCUT2D eigenvalue weighted by Crippen LogP contribution is 2.61. The van der Waals surface area contributed by atoms with Crippen LogP contribution >= 0.6 is 31.9 Å². The molecule has 0 aromatic heterocycles. The Labute approximate surface area is 105 Å². The van der Waals surface area contributed by atoms with Gasteiger partial charge in [0, 0.05) is 16.1 Å². The SMILES string of the molecule is C[C@]1(CBr)[C@H]2CC[C@@]1(CBr)C(=O)OC2=O. The second-order valence-corrected chi connectivity index (χ2v) is 5.69. The molecule has 0 N–H and O–H groups in total. The molecular weight excluding hydrogens is 328 g/mol. The number of hydrogen-bond donors (Lipinski definition) is 0. The lowest BCUT2D eigenvalue weighted by atomic mass is 9.64. The molecule has 1 aliphatic carbocycles. The first-order chi connectivity index (χ1) is 7.02. The van der Waals surface area contributed by atoms with Gasteiger partial charge in [-0.05, 0) is 12.8 Å². The molecule has 2 bridgehead atoms. The fourth-order valence-electron chi connectivity index (χ4n) is 2.80. The number of alkyl halides is 2. The largest absolute Gasteiger partial charge is 0.392 e. The molecule has 1 saturated carbocycles. The molecule has 0 radical (unpaired) electrons. The molecule has 1 saturated heterocycles. The summed E-state index contributed by atoms with van der Waals surface area (Å²) in [5.74, 6) is -0.858. The molecule has 0 amide bonds. The Hall–Kier alpha value is 0.1000. The second kappa shape index (κ2) is 3.55. The summed E-state index contributed by atoms with van der Waals surface area (Å²) in [5, 5.41) is 1.21. The van der Waals surface area contributed by atoms with Crippen LogP contribution in [0.15, 0.2) is 0 Å². The van der Waals surface area contributed by atoms with Crippen LogP contribution in [-0.4, -0.2) is 22.6 Å². The number of esters is 2. The molecule has 2 rings (SSSR count). The maximum absolute atomic E-state index is 11.9. The fraction of sp³-hybridized carbons (Fsp3) is 0.800. The van der Waals surface area contributed by atoms with Gasteiger partial charge in [-0.2, -0.15) is 0 Å². The Kier molecular flexibility index (Phi) is 2.74. The van der Waals surface area contributed by atoms with E-state index in [9.17, 15) is 9.59 Å². The van der Waals surface area contributed by atoms with Crippen molar-refractivity contribution < 1.29 is 14.3 Å². The van der Waals surface area contributed by atoms with E-state index in [1.165, 1.54) is 0 Å². The lowest BCUT2D eigenvalue weighted by Gasteiger charge is -2.44. The van der Waals surface area contributed by atoms with E-state index in [-0.39, 0.29) is 23.3 Å². The predicted molar refractivity (Wildman–Crippen MR) is 62.0 cm³/mol. The van der Waals surface area contributed by atoms with E-state index < -0.39 is 5.41 Å². The molecule has 0 aromatic rings. The molecule has 3 atom stereocenters. The number of hydrogen-bond acceptors (Lipinski definition) is 3. The second-order valence-electron chi connectivity index (χ2n) is 4.57. The van der Waals surface area contributed by atoms with Crippen molar-refractivity contribution in [3.8, 4) is 0 Å². The summed E-state index contributed by atoms with van der Waals surface area (Å²) < 4.78 is 4.84. The first-order valence-corrected chi connectivity index (χ1v) is 7.14. The highest BCUT2D eigenvalue weighted by molar-refractivity contribution is 9.09. The van der Waals surface area contributed by atoms with Crippen molar-refractivity contribution in [2.24, 2.45) is 16.7 Å². The van der Waals surface area contributed by atoms with E-state index in [0.717, 1.165) is 12.8 Å². The zero-order valence-corrected chi connectivity index (χ0v) is 11.6. The number of fused-ring (bicyclic) bond motifs is 2. The fourth-order valence-corrected chi connectivity index (χ4v) is 4.87. The molecule has 0 unspecified atom stereocenters. The van der Waals surface area contributed by atoms with Crippen LogP contribution in [0, 0.1) is 16.7 Å². The molecule has 2 aliphatic rings. The van der Waals surface area contributed by atoms with Crippen LogP contribution in [0.25, 0.3) is 0 Å². The average Bonchev–Trinajstić information content (AvgIpc) is 2.44. The molecule has 1 heterocycles. The van der Waals surface area contributed by atoms with Gasteiger partial charge in [-0.3, -0.25) is 9.59 Å². The summed E-state index contributed by atoms with van der Waals surface area (Å²) in [4.78, 5) is 23.5. The van der Waals surface area contributed by atoms with Crippen molar-refractivity contribution in [1.82, 2.24) is 0 Å². The highest BCUT2D eigenvalue weighted by Gasteiger charge is 2.67. The first kappa shape index (κ1) is 11.6. The maximum atomic E-state index is 11.9. The van der Waals surface area contributed by atoms with Gasteiger partial charge in [-0.1, -0.05) is 38.8 Å². The van der Waals surface area contributed by atoms with E-state index in [2.05, 4.69) is 31.9 Å². The van der Waals surface area contributed by atoms with Gasteiger partial charge in [-0.15, -0.1) is 0 Å². The van der Waals surface area contributed by atoms with E-state index in [0.29, 0.717) is 10.7 Å². The Bertz CT molecular complexity index is 331. The van der Waals surface area contributed by atoms with Gasteiger partial charge in [-0.25, -0.2) is 0 Å². The molecular formula is C10H12Br2O3. The normalized spacial score (nSPS) is 44.3. The summed E-state index contributed by atoms with van der Waals surface area (Å²) in [6.45, 7) is 2.00. The van der Waals surface area contributed by atoms with Crippen LogP contribution in [0.5, 0.6) is 0 Å². The number of carbonyl (C=O) groups excluding carboxylic acids is 2. The molecule has 15 heavy (non-hydrogen) atoms. The number of carbonyl (C=O) groups is 2. The minimum atomic E-state index is -0.533. The third-order valence-corrected chi connectivity index (χ3v) is 6.22. The minimum absolute atomic E-state index is 0.146. The van der Waals surface area contributed by atoms with Crippen molar-refractivity contribution >= 4 is 43.8 Å². The van der Waals surface area contributed by atoms with Crippen molar-refractivity contribution in [2.45, 2.75) is 19.8 Å². The molecule has 84 valence electrons. The van der Waals surface area contributed by atoms with Crippen molar-refractivity contribution in [2.75, 3.05) is 10.7 Å². The van der Waals surface area contributed by atoms with Crippen LogP contribution in [0.4, 0.5) is 0 Å². The summed E-state index contributed by atoms with van der Waals surface area (Å²) >= 11 is 6.84. The van der Waals surface area contributed by atoms with E-state index in [1.807, 2.05) is 6.92 Å². The number of cyclic esters (lactones) is 2. The van der Waals surface area contributed by atoms with Crippen molar-refractivity contribution in [1.29, 1.82) is 0 Å². The monoisotopic (exact) mass is 338 g/mol. The molecule has 3 nitrogen and oxygen atoms in total. The standard InChI is InChI=1S/C10H12Br2O3/c1-9(4-11)6-2-3-10(9,5-12)8(14)15-7(6)13/h6H,2-5H2,1H3/t6-,9-,10+/m0/s1. The first-order valence-electron chi connectivity index (χ1n) is 4.90. The number of halogens is 2. The van der Waals surface area contributed by atoms with Crippen molar-refractivity contribution in [3.05, 3.63) is 0 Å². The quantitative estimate of drug-likeness (QED) is 0.440. The molecule has 1 aliphatic heterocycles. The van der Waals surface area contributed by atoms with Gasteiger partial charge >= 0.3 is 11.9 Å². The Morgan fingerprint density at radius 1 is 1.40 bits per heavy atom. The summed E-state index contributed by atoms with van der Waals surface area (Å²) in [6, 6.07) is 0. The highest BCUT2D eigenvalue weighted by atomic mass is 79.9. The third-order valence-electron chi connectivity index (χ3n) is 4.10. The summed E-state index contributed by atoms with van der Waals surface area (Å²) in [6.07, 6.45) is 1.48. The number of ether oxygens (including phenoxy) is 1. The minimum Gasteiger partial charge on any atom is -0.392 e. The topological polar surface area (TPSA) is 43.4 Å². The van der Waals surface area contributed by atoms with Gasteiger partial charge in [0.15, 0.2) is 0 Å². The van der Waals surface area contributed by atoms with Crippen LogP contribution in [0.2, 0.25) is 0 Å². The van der Waals surface area contributed by atoms with E-state index in [1.54, 1.807) is 0 Å². The van der Waals surface area contributed by atoms with Crippen LogP contribution < -0.4 is 0 Å². The van der Waals surface area contributed by atoms with Crippen molar-refractivity contribution in [3.63, 3.8) is 0 Å². The zero-order chi connectivity index (χ0) is 11.3. The lowest BCUT2D eigenvalue weighted by molar-refractivity contribution is -0.184. The van der Waals surface area contributed by atoms with Crippen LogP contribution in [-0.2, 0) is 14.3 Å². The van der Waals surface area contributed by atoms with E-state index >= 15 is 0 Å². The molecule has 0 spiro atoms. The Morgan fingerprint density at radius 2 is 2.07 bits per heavy atom. The molecule has 0 aromatic carbocycles. The maximum Gasteiger partial charge on any atom is 0.321 e. The van der Waals surface area contributed by atoms with Gasteiger partial charge in [0.2, 0.25) is 0 Å². The number of rotatable bonds is 2. The van der Waals surface area contributed by atoms with Crippen LogP contribution in [0.3, 0.4) is 0 Å². The summed E-state index contributed by atoms with van der Waals surface area (Å²) in [7, 11) is 0. The molecule has 2 fully saturated rings. The van der Waals surface area contributed by atoms with Gasteiger partial charge < -0.3 is 4.74 Å². The van der Waals surface area contributed by atoms with Gasteiger partial charge in [0.1, 0.15) is 0 Å². The van der Waals surface area contributed by atoms with Gasteiger partial charge in [0.05, 0.1) is 11.3 Å². The van der Waals surface area contributed by atoms with Crippen LogP contribution in [0.1, 0.15) is 19.8 Å². The van der Waals surface area contributed by atoms with Gasteiger partial charge in [0.25, 0.3) is 0 Å². The Balaban J connectivity index is 2.53.